The normalized spacial score (nSPS) is 17.5. The molecule has 1 atom stereocenters. The molecule has 15 heteroatoms. The standard InChI is InChI=1S/C42H44ClN7O6S/c1-25(2)57(54,55)37-10-6-5-9-33(37)45-39-32(43)23-44-42(48-39)46-34-20-26(3)31(22-36(34)56-4)28-15-18-49(19-16-28)17-7-8-27-11-12-30-29(21-27)24-50(41(30)53)35-13-14-38(51)47-40(35)52/h5-6,9-12,20-23,25,28,35H,13-19,24H2,1-4H3,(H,47,51,52)(H2,44,45,46,48). The molecule has 57 heavy (non-hydrogen) atoms. The molecule has 0 spiro atoms. The lowest BCUT2D eigenvalue weighted by atomic mass is 9.86. The van der Waals surface area contributed by atoms with E-state index in [-0.39, 0.29) is 39.9 Å². The molecule has 13 nitrogen and oxygen atoms in total. The van der Waals surface area contributed by atoms with Crippen molar-refractivity contribution >= 4 is 62.3 Å². The van der Waals surface area contributed by atoms with Crippen molar-refractivity contribution in [3.8, 4) is 17.6 Å². The van der Waals surface area contributed by atoms with Crippen LogP contribution in [-0.2, 0) is 26.0 Å². The van der Waals surface area contributed by atoms with Gasteiger partial charge in [0.1, 0.15) is 16.8 Å². The summed E-state index contributed by atoms with van der Waals surface area (Å²) in [6.07, 6.45) is 3.92. The van der Waals surface area contributed by atoms with Crippen molar-refractivity contribution in [1.82, 2.24) is 25.1 Å². The molecule has 2 saturated heterocycles. The van der Waals surface area contributed by atoms with Crippen molar-refractivity contribution < 1.29 is 27.5 Å². The van der Waals surface area contributed by atoms with E-state index in [1.54, 1.807) is 56.2 Å². The number of para-hydroxylation sites is 1. The predicted molar refractivity (Wildman–Crippen MR) is 218 cm³/mol. The number of sulfone groups is 1. The lowest BCUT2D eigenvalue weighted by molar-refractivity contribution is -0.136. The molecule has 3 N–H and O–H groups in total. The molecule has 0 aliphatic carbocycles. The first kappa shape index (κ1) is 39.7. The minimum atomic E-state index is -3.57. The molecule has 1 aromatic heterocycles. The quantitative estimate of drug-likeness (QED) is 0.125. The summed E-state index contributed by atoms with van der Waals surface area (Å²) in [5.41, 5.74) is 5.59. The maximum atomic E-state index is 13.0. The number of hydrogen-bond acceptors (Lipinski definition) is 11. The molecule has 7 rings (SSSR count). The van der Waals surface area contributed by atoms with Gasteiger partial charge >= 0.3 is 0 Å². The van der Waals surface area contributed by atoms with E-state index in [4.69, 9.17) is 16.3 Å². The van der Waals surface area contributed by atoms with Crippen molar-refractivity contribution in [2.45, 2.75) is 75.1 Å². The van der Waals surface area contributed by atoms with Crippen LogP contribution in [0.25, 0.3) is 0 Å². The highest BCUT2D eigenvalue weighted by Crippen LogP contribution is 2.38. The molecule has 3 aromatic carbocycles. The number of methoxy groups -OCH3 is 1. The number of benzene rings is 3. The molecule has 3 aliphatic rings. The van der Waals surface area contributed by atoms with Gasteiger partial charge in [-0.3, -0.25) is 24.6 Å². The Kier molecular flexibility index (Phi) is 11.5. The highest BCUT2D eigenvalue weighted by atomic mass is 35.5. The SMILES string of the molecule is COc1cc(C2CCN(CC#Cc3ccc4c(c3)CN(C3CCC(=O)NC3=O)C4=O)CC2)c(C)cc1Nc1ncc(Cl)c(Nc2ccccc2S(=O)(=O)C(C)C)n1. The van der Waals surface area contributed by atoms with Gasteiger partial charge in [-0.1, -0.05) is 35.6 Å². The monoisotopic (exact) mass is 809 g/mol. The summed E-state index contributed by atoms with van der Waals surface area (Å²) in [7, 11) is -1.95. The van der Waals surface area contributed by atoms with Gasteiger partial charge in [0.2, 0.25) is 17.8 Å². The number of carbonyl (C=O) groups excluding carboxylic acids is 3. The highest BCUT2D eigenvalue weighted by Gasteiger charge is 2.39. The average molecular weight is 810 g/mol. The zero-order valence-corrected chi connectivity index (χ0v) is 33.8. The van der Waals surface area contributed by atoms with Gasteiger partial charge in [-0.15, -0.1) is 0 Å². The first-order valence-electron chi connectivity index (χ1n) is 18.9. The van der Waals surface area contributed by atoms with Gasteiger partial charge in [-0.25, -0.2) is 13.4 Å². The number of hydrogen-bond donors (Lipinski definition) is 3. The van der Waals surface area contributed by atoms with Crippen LogP contribution in [0.1, 0.15) is 78.1 Å². The number of fused-ring (bicyclic) bond motifs is 1. The molecule has 4 heterocycles. The van der Waals surface area contributed by atoms with Crippen molar-refractivity contribution in [3.63, 3.8) is 0 Å². The lowest BCUT2D eigenvalue weighted by Gasteiger charge is -2.32. The molecule has 296 valence electrons. The number of aryl methyl sites for hydroxylation is 1. The van der Waals surface area contributed by atoms with Crippen LogP contribution in [0.4, 0.5) is 23.1 Å². The van der Waals surface area contributed by atoms with Crippen LogP contribution in [0, 0.1) is 18.8 Å². The van der Waals surface area contributed by atoms with E-state index in [1.807, 2.05) is 18.2 Å². The number of ether oxygens (including phenoxy) is 1. The molecule has 0 saturated carbocycles. The van der Waals surface area contributed by atoms with E-state index in [0.717, 1.165) is 42.6 Å². The number of nitrogens with zero attached hydrogens (tertiary/aromatic N) is 4. The average Bonchev–Trinajstić information content (AvgIpc) is 3.51. The number of amides is 3. The summed E-state index contributed by atoms with van der Waals surface area (Å²) in [6.45, 7) is 8.07. The Labute approximate surface area is 337 Å². The Morgan fingerprint density at radius 1 is 1.02 bits per heavy atom. The van der Waals surface area contributed by atoms with E-state index < -0.39 is 27.0 Å². The largest absolute Gasteiger partial charge is 0.495 e. The second-order valence-electron chi connectivity index (χ2n) is 14.8. The van der Waals surface area contributed by atoms with Gasteiger partial charge in [0.25, 0.3) is 5.91 Å². The Balaban J connectivity index is 0.968. The summed E-state index contributed by atoms with van der Waals surface area (Å²) >= 11 is 6.46. The number of carbonyl (C=O) groups is 3. The van der Waals surface area contributed by atoms with Crippen LogP contribution in [0.5, 0.6) is 5.75 Å². The molecule has 1 unspecified atom stereocenters. The van der Waals surface area contributed by atoms with Crippen LogP contribution in [-0.4, -0.2) is 83.9 Å². The molecule has 2 fully saturated rings. The summed E-state index contributed by atoms with van der Waals surface area (Å²) in [4.78, 5) is 50.0. The van der Waals surface area contributed by atoms with Crippen LogP contribution in [0.3, 0.4) is 0 Å². The fraction of sp³-hybridized carbons (Fsp3) is 0.357. The van der Waals surface area contributed by atoms with Crippen molar-refractivity contribution in [1.29, 1.82) is 0 Å². The smallest absolute Gasteiger partial charge is 0.255 e. The van der Waals surface area contributed by atoms with E-state index >= 15 is 0 Å². The summed E-state index contributed by atoms with van der Waals surface area (Å²) in [5, 5.41) is 8.31. The second kappa shape index (κ2) is 16.5. The molecule has 3 aliphatic heterocycles. The van der Waals surface area contributed by atoms with E-state index in [0.29, 0.717) is 48.1 Å². The Morgan fingerprint density at radius 3 is 2.53 bits per heavy atom. The number of halogens is 1. The van der Waals surface area contributed by atoms with E-state index in [2.05, 4.69) is 55.6 Å². The minimum absolute atomic E-state index is 0.160. The third-order valence-electron chi connectivity index (χ3n) is 10.7. The number of anilines is 4. The number of aromatic nitrogens is 2. The third kappa shape index (κ3) is 8.46. The highest BCUT2D eigenvalue weighted by molar-refractivity contribution is 7.92. The zero-order valence-electron chi connectivity index (χ0n) is 32.2. The molecule has 0 radical (unpaired) electrons. The van der Waals surface area contributed by atoms with Crippen LogP contribution in [0.2, 0.25) is 5.02 Å². The number of imide groups is 1. The van der Waals surface area contributed by atoms with Gasteiger partial charge in [0.15, 0.2) is 15.7 Å². The minimum Gasteiger partial charge on any atom is -0.495 e. The maximum Gasteiger partial charge on any atom is 0.255 e. The van der Waals surface area contributed by atoms with Crippen LogP contribution < -0.4 is 20.7 Å². The topological polar surface area (TPSA) is 163 Å². The molecule has 4 aromatic rings. The number of nitrogens with one attached hydrogen (secondary N) is 3. The van der Waals surface area contributed by atoms with Crippen molar-refractivity contribution in [3.05, 3.63) is 93.6 Å². The fourth-order valence-electron chi connectivity index (χ4n) is 7.55. The predicted octanol–water partition coefficient (Wildman–Crippen LogP) is 6.11. The summed E-state index contributed by atoms with van der Waals surface area (Å²) in [5.74, 6) is 7.13. The van der Waals surface area contributed by atoms with E-state index in [9.17, 15) is 22.8 Å². The van der Waals surface area contributed by atoms with Gasteiger partial charge in [0.05, 0.1) is 41.4 Å². The fourth-order valence-corrected chi connectivity index (χ4v) is 8.89. The third-order valence-corrected chi connectivity index (χ3v) is 13.2. The van der Waals surface area contributed by atoms with Gasteiger partial charge in [-0.2, -0.15) is 4.98 Å². The number of likely N-dealkylation sites (tertiary alicyclic amines) is 1. The molecule has 3 amide bonds. The second-order valence-corrected chi connectivity index (χ2v) is 17.6. The van der Waals surface area contributed by atoms with Gasteiger partial charge < -0.3 is 20.3 Å². The lowest BCUT2D eigenvalue weighted by Crippen LogP contribution is -2.52. The zero-order chi connectivity index (χ0) is 40.4. The maximum absolute atomic E-state index is 13.0. The van der Waals surface area contributed by atoms with Gasteiger partial charge in [-0.05, 0) is 118 Å². The first-order chi connectivity index (χ1) is 27.3. The van der Waals surface area contributed by atoms with Crippen LogP contribution >= 0.6 is 11.6 Å². The van der Waals surface area contributed by atoms with Gasteiger partial charge in [0, 0.05) is 24.1 Å². The Bertz CT molecular complexity index is 2420. The molecule has 0 bridgehead atoms. The number of rotatable bonds is 10. The van der Waals surface area contributed by atoms with E-state index in [1.165, 1.54) is 11.8 Å². The molecular formula is C42H44ClN7O6S. The first-order valence-corrected chi connectivity index (χ1v) is 20.8. The van der Waals surface area contributed by atoms with Crippen molar-refractivity contribution in [2.24, 2.45) is 0 Å². The Morgan fingerprint density at radius 2 is 1.79 bits per heavy atom. The Hall–Kier alpha value is -5.49. The molecular weight excluding hydrogens is 766 g/mol. The number of piperidine rings is 2. The summed E-state index contributed by atoms with van der Waals surface area (Å²) in [6, 6.07) is 15.6. The van der Waals surface area contributed by atoms with Crippen LogP contribution in [0.15, 0.2) is 65.7 Å². The summed E-state index contributed by atoms with van der Waals surface area (Å²) < 4.78 is 31.9. The van der Waals surface area contributed by atoms with Crippen molar-refractivity contribution in [2.75, 3.05) is 37.4 Å².